The molecule has 0 spiro atoms. The lowest BCUT2D eigenvalue weighted by Crippen LogP contribution is -2.43. The fourth-order valence-corrected chi connectivity index (χ4v) is 5.95. The average Bonchev–Trinajstić information content (AvgIpc) is 3.30. The Bertz CT molecular complexity index is 1340. The van der Waals surface area contributed by atoms with E-state index in [-0.39, 0.29) is 34.7 Å². The van der Waals surface area contributed by atoms with Gasteiger partial charge in [-0.15, -0.1) is 0 Å². The third kappa shape index (κ3) is 5.26. The number of nitrogens with zero attached hydrogens (tertiary/aromatic N) is 3. The number of anilines is 1. The van der Waals surface area contributed by atoms with Gasteiger partial charge in [0, 0.05) is 37.3 Å². The minimum absolute atomic E-state index is 0.0311. The van der Waals surface area contributed by atoms with Crippen LogP contribution in [0.4, 0.5) is 5.69 Å². The van der Waals surface area contributed by atoms with E-state index in [1.165, 1.54) is 30.7 Å². The number of aromatic nitrogens is 2. The Kier molecular flexibility index (Phi) is 7.29. The lowest BCUT2D eigenvalue weighted by Gasteiger charge is -2.31. The van der Waals surface area contributed by atoms with Crippen LogP contribution in [-0.4, -0.2) is 56.1 Å². The largest absolute Gasteiger partial charge is 0.493 e. The molecule has 1 aliphatic rings. The second kappa shape index (κ2) is 10.2. The molecule has 1 N–H and O–H groups in total. The first-order valence-corrected chi connectivity index (χ1v) is 12.7. The number of benzene rings is 2. The number of halogens is 1. The van der Waals surface area contributed by atoms with E-state index in [2.05, 4.69) is 15.5 Å². The van der Waals surface area contributed by atoms with Crippen LogP contribution in [0.3, 0.4) is 0 Å². The number of carbonyl (C=O) groups excluding carboxylic acids is 1. The third-order valence-corrected chi connectivity index (χ3v) is 8.09. The maximum Gasteiger partial charge on any atom is 0.244 e. The van der Waals surface area contributed by atoms with Gasteiger partial charge in [0.1, 0.15) is 4.90 Å². The lowest BCUT2D eigenvalue weighted by atomic mass is 9.98. The summed E-state index contributed by atoms with van der Waals surface area (Å²) in [6, 6.07) is 9.57. The molecule has 4 rings (SSSR count). The van der Waals surface area contributed by atoms with E-state index in [9.17, 15) is 13.2 Å². The Morgan fingerprint density at radius 1 is 1.17 bits per heavy atom. The number of rotatable bonds is 7. The molecule has 1 fully saturated rings. The zero-order valence-corrected chi connectivity index (χ0v) is 21.0. The van der Waals surface area contributed by atoms with Crippen molar-refractivity contribution in [1.82, 2.24) is 14.4 Å². The summed E-state index contributed by atoms with van der Waals surface area (Å²) >= 11 is 6.28. The van der Waals surface area contributed by atoms with Gasteiger partial charge in [0.25, 0.3) is 0 Å². The van der Waals surface area contributed by atoms with Crippen molar-refractivity contribution in [3.8, 4) is 22.9 Å². The molecule has 186 valence electrons. The van der Waals surface area contributed by atoms with Crippen molar-refractivity contribution < 1.29 is 27.2 Å². The predicted molar refractivity (Wildman–Crippen MR) is 129 cm³/mol. The molecule has 1 unspecified atom stereocenters. The topological polar surface area (TPSA) is 124 Å². The number of ether oxygens (including phenoxy) is 2. The molecule has 0 bridgehead atoms. The number of nitrogens with one attached hydrogen (secondary N) is 1. The van der Waals surface area contributed by atoms with Gasteiger partial charge in [0.05, 0.1) is 25.2 Å². The highest BCUT2D eigenvalue weighted by molar-refractivity contribution is 7.89. The van der Waals surface area contributed by atoms with Crippen LogP contribution in [0, 0.1) is 12.8 Å². The van der Waals surface area contributed by atoms with Crippen molar-refractivity contribution in [3.05, 3.63) is 47.3 Å². The quantitative estimate of drug-likeness (QED) is 0.499. The Hall–Kier alpha value is -3.15. The number of hydrogen-bond donors (Lipinski definition) is 1. The molecular weight excluding hydrogens is 496 g/mol. The molecule has 35 heavy (non-hydrogen) atoms. The van der Waals surface area contributed by atoms with Crippen LogP contribution in [-0.2, 0) is 14.8 Å². The van der Waals surface area contributed by atoms with E-state index in [1.807, 2.05) is 0 Å². The van der Waals surface area contributed by atoms with Crippen molar-refractivity contribution in [2.45, 2.75) is 24.7 Å². The zero-order valence-electron chi connectivity index (χ0n) is 19.4. The summed E-state index contributed by atoms with van der Waals surface area (Å²) in [6.07, 6.45) is 1.09. The molecule has 1 aliphatic heterocycles. The number of piperidine rings is 1. The van der Waals surface area contributed by atoms with E-state index < -0.39 is 15.9 Å². The number of amides is 1. The van der Waals surface area contributed by atoms with E-state index in [0.29, 0.717) is 41.5 Å². The number of carbonyl (C=O) groups is 1. The molecule has 0 aliphatic carbocycles. The van der Waals surface area contributed by atoms with Gasteiger partial charge < -0.3 is 19.3 Å². The van der Waals surface area contributed by atoms with Crippen LogP contribution in [0.25, 0.3) is 11.4 Å². The van der Waals surface area contributed by atoms with Gasteiger partial charge in [-0.25, -0.2) is 8.42 Å². The molecule has 0 radical (unpaired) electrons. The lowest BCUT2D eigenvalue weighted by molar-refractivity contribution is -0.120. The molecule has 1 saturated heterocycles. The van der Waals surface area contributed by atoms with Gasteiger partial charge in [-0.05, 0) is 43.2 Å². The molecule has 10 nitrogen and oxygen atoms in total. The first-order chi connectivity index (χ1) is 16.7. The minimum atomic E-state index is -3.98. The van der Waals surface area contributed by atoms with Crippen LogP contribution in [0.1, 0.15) is 18.7 Å². The van der Waals surface area contributed by atoms with Crippen LogP contribution in [0.15, 0.2) is 45.8 Å². The molecule has 2 heterocycles. The third-order valence-electron chi connectivity index (χ3n) is 5.74. The van der Waals surface area contributed by atoms with Crippen LogP contribution >= 0.6 is 11.6 Å². The molecule has 1 atom stereocenters. The molecule has 2 aromatic carbocycles. The van der Waals surface area contributed by atoms with Gasteiger partial charge in [-0.1, -0.05) is 16.8 Å². The number of aryl methyl sites for hydroxylation is 1. The van der Waals surface area contributed by atoms with Crippen molar-refractivity contribution in [3.63, 3.8) is 0 Å². The second-order valence-electron chi connectivity index (χ2n) is 8.04. The van der Waals surface area contributed by atoms with Crippen molar-refractivity contribution >= 4 is 33.2 Å². The molecule has 0 saturated carbocycles. The van der Waals surface area contributed by atoms with Gasteiger partial charge >= 0.3 is 0 Å². The van der Waals surface area contributed by atoms with E-state index in [1.54, 1.807) is 31.2 Å². The molecule has 1 aromatic heterocycles. The highest BCUT2D eigenvalue weighted by Crippen LogP contribution is 2.33. The Labute approximate surface area is 208 Å². The molecule has 1 amide bonds. The van der Waals surface area contributed by atoms with Gasteiger partial charge in [-0.3, -0.25) is 4.79 Å². The fourth-order valence-electron chi connectivity index (χ4n) is 3.93. The first kappa shape index (κ1) is 25.0. The standard InChI is InChI=1S/C23H25ClN4O6S/c1-14-25-22(27-34-14)15-6-8-18(24)21(11-15)35(30,31)28-10-4-5-16(13-28)23(29)26-17-7-9-19(32-2)20(12-17)33-3/h6-9,11-12,16H,4-5,10,13H2,1-3H3,(H,26,29). The minimum Gasteiger partial charge on any atom is -0.493 e. The van der Waals surface area contributed by atoms with E-state index >= 15 is 0 Å². The average molecular weight is 521 g/mol. The predicted octanol–water partition coefficient (Wildman–Crippen LogP) is 3.76. The highest BCUT2D eigenvalue weighted by Gasteiger charge is 2.35. The summed E-state index contributed by atoms with van der Waals surface area (Å²) in [6.45, 7) is 1.96. The van der Waals surface area contributed by atoms with E-state index in [4.69, 9.17) is 25.6 Å². The summed E-state index contributed by atoms with van der Waals surface area (Å²) in [4.78, 5) is 17.1. The van der Waals surface area contributed by atoms with Crippen LogP contribution in [0.5, 0.6) is 11.5 Å². The second-order valence-corrected chi connectivity index (χ2v) is 10.4. The molecule has 3 aromatic rings. The smallest absolute Gasteiger partial charge is 0.244 e. The van der Waals surface area contributed by atoms with Gasteiger partial charge in [0.2, 0.25) is 27.6 Å². The van der Waals surface area contributed by atoms with Crippen LogP contribution < -0.4 is 14.8 Å². The van der Waals surface area contributed by atoms with Crippen molar-refractivity contribution in [2.75, 3.05) is 32.6 Å². The number of methoxy groups -OCH3 is 2. The Morgan fingerprint density at radius 3 is 2.63 bits per heavy atom. The zero-order chi connectivity index (χ0) is 25.2. The monoisotopic (exact) mass is 520 g/mol. The summed E-state index contributed by atoms with van der Waals surface area (Å²) in [7, 11) is -0.943. The summed E-state index contributed by atoms with van der Waals surface area (Å²) < 4.78 is 43.8. The maximum absolute atomic E-state index is 13.5. The summed E-state index contributed by atoms with van der Waals surface area (Å²) in [5.74, 6) is 0.827. The Morgan fingerprint density at radius 2 is 1.94 bits per heavy atom. The Balaban J connectivity index is 1.53. The maximum atomic E-state index is 13.5. The summed E-state index contributed by atoms with van der Waals surface area (Å²) in [5, 5.41) is 6.76. The highest BCUT2D eigenvalue weighted by atomic mass is 35.5. The first-order valence-electron chi connectivity index (χ1n) is 10.9. The fraction of sp³-hybridized carbons (Fsp3) is 0.348. The van der Waals surface area contributed by atoms with Gasteiger partial charge in [0.15, 0.2) is 11.5 Å². The SMILES string of the molecule is COc1ccc(NC(=O)C2CCCN(S(=O)(=O)c3cc(-c4noc(C)n4)ccc3Cl)C2)cc1OC. The van der Waals surface area contributed by atoms with Crippen LogP contribution in [0.2, 0.25) is 5.02 Å². The van der Waals surface area contributed by atoms with Crippen molar-refractivity contribution in [2.24, 2.45) is 5.92 Å². The van der Waals surface area contributed by atoms with Crippen molar-refractivity contribution in [1.29, 1.82) is 0 Å². The number of sulfonamides is 1. The normalized spacial score (nSPS) is 16.6. The summed E-state index contributed by atoms with van der Waals surface area (Å²) in [5.41, 5.74) is 0.989. The molecule has 12 heteroatoms. The molecular formula is C23H25ClN4O6S. The van der Waals surface area contributed by atoms with Gasteiger partial charge in [-0.2, -0.15) is 9.29 Å². The number of hydrogen-bond acceptors (Lipinski definition) is 8. The van der Waals surface area contributed by atoms with E-state index in [0.717, 1.165) is 0 Å².